The van der Waals surface area contributed by atoms with Gasteiger partial charge in [-0.15, -0.1) is 11.8 Å². The molecular weight excluding hydrogens is 242 g/mol. The fourth-order valence-corrected chi connectivity index (χ4v) is 3.74. The van der Waals surface area contributed by atoms with E-state index in [9.17, 15) is 4.79 Å². The molecule has 3 heteroatoms. The average Bonchev–Trinajstić information content (AvgIpc) is 2.57. The van der Waals surface area contributed by atoms with Gasteiger partial charge in [0, 0.05) is 6.54 Å². The lowest BCUT2D eigenvalue weighted by Gasteiger charge is -2.26. The lowest BCUT2D eigenvalue weighted by atomic mass is 10.1. The highest BCUT2D eigenvalue weighted by Gasteiger charge is 2.38. The van der Waals surface area contributed by atoms with E-state index >= 15 is 0 Å². The van der Waals surface area contributed by atoms with Crippen LogP contribution in [0.4, 0.5) is 0 Å². The number of nitrogens with zero attached hydrogens (tertiary/aromatic N) is 1. The van der Waals surface area contributed by atoms with Gasteiger partial charge >= 0.3 is 0 Å². The van der Waals surface area contributed by atoms with Crippen LogP contribution in [0.25, 0.3) is 0 Å². The summed E-state index contributed by atoms with van der Waals surface area (Å²) in [5, 5.41) is 0.268. The first kappa shape index (κ1) is 13.5. The van der Waals surface area contributed by atoms with E-state index in [4.69, 9.17) is 0 Å². The van der Waals surface area contributed by atoms with Gasteiger partial charge in [-0.3, -0.25) is 4.79 Å². The third-order valence-electron chi connectivity index (χ3n) is 3.26. The Bertz CT molecular complexity index is 444. The molecule has 0 unspecified atom stereocenters. The Balaban J connectivity index is 2.31. The van der Waals surface area contributed by atoms with Crippen molar-refractivity contribution in [3.63, 3.8) is 0 Å². The van der Waals surface area contributed by atoms with Crippen molar-refractivity contribution in [2.24, 2.45) is 5.92 Å². The molecule has 1 amide bonds. The third kappa shape index (κ3) is 2.56. The summed E-state index contributed by atoms with van der Waals surface area (Å²) in [5.41, 5.74) is 2.55. The van der Waals surface area contributed by atoms with Gasteiger partial charge in [0.25, 0.3) is 0 Å². The molecular formula is C15H21NOS. The first-order valence-electron chi connectivity index (χ1n) is 6.52. The van der Waals surface area contributed by atoms with Crippen LogP contribution in [0.2, 0.25) is 0 Å². The largest absolute Gasteiger partial charge is 0.325 e. The smallest absolute Gasteiger partial charge is 0.236 e. The van der Waals surface area contributed by atoms with Crippen LogP contribution in [-0.2, 0) is 4.79 Å². The van der Waals surface area contributed by atoms with E-state index in [0.717, 1.165) is 6.54 Å². The first-order valence-corrected chi connectivity index (χ1v) is 7.46. The Hall–Kier alpha value is -0.960. The van der Waals surface area contributed by atoms with Gasteiger partial charge < -0.3 is 4.90 Å². The number of amides is 1. The number of benzene rings is 1. The van der Waals surface area contributed by atoms with Crippen LogP contribution >= 0.6 is 11.8 Å². The van der Waals surface area contributed by atoms with Gasteiger partial charge in [-0.2, -0.15) is 0 Å². The van der Waals surface area contributed by atoms with Crippen molar-refractivity contribution in [3.8, 4) is 0 Å². The summed E-state index contributed by atoms with van der Waals surface area (Å²) < 4.78 is 0. The van der Waals surface area contributed by atoms with Gasteiger partial charge in [-0.25, -0.2) is 0 Å². The molecule has 0 bridgehead atoms. The minimum absolute atomic E-state index is 0.0772. The summed E-state index contributed by atoms with van der Waals surface area (Å²) in [4.78, 5) is 14.3. The Morgan fingerprint density at radius 3 is 2.61 bits per heavy atom. The Kier molecular flexibility index (Phi) is 4.00. The maximum Gasteiger partial charge on any atom is 0.236 e. The molecule has 0 saturated carbocycles. The summed E-state index contributed by atoms with van der Waals surface area (Å²) in [6.45, 7) is 9.30. The zero-order valence-corrected chi connectivity index (χ0v) is 12.3. The van der Waals surface area contributed by atoms with E-state index < -0.39 is 0 Å². The second kappa shape index (κ2) is 5.35. The zero-order chi connectivity index (χ0) is 13.3. The highest BCUT2D eigenvalue weighted by atomic mass is 32.2. The summed E-state index contributed by atoms with van der Waals surface area (Å²) in [5.74, 6) is 0.785. The normalized spacial score (nSPS) is 24.1. The second-order valence-electron chi connectivity index (χ2n) is 5.37. The predicted octanol–water partition coefficient (Wildman–Crippen LogP) is 3.61. The molecule has 18 heavy (non-hydrogen) atoms. The third-order valence-corrected chi connectivity index (χ3v) is 4.64. The number of hydrogen-bond acceptors (Lipinski definition) is 2. The lowest BCUT2D eigenvalue weighted by molar-refractivity contribution is -0.130. The van der Waals surface area contributed by atoms with Crippen LogP contribution in [0.1, 0.15) is 37.3 Å². The van der Waals surface area contributed by atoms with E-state index in [1.165, 1.54) is 11.1 Å². The van der Waals surface area contributed by atoms with Gasteiger partial charge in [0.05, 0.1) is 5.25 Å². The summed E-state index contributed by atoms with van der Waals surface area (Å²) in [6, 6.07) is 8.38. The number of carbonyl (C=O) groups excluding carboxylic acids is 1. The van der Waals surface area contributed by atoms with Gasteiger partial charge in [0.15, 0.2) is 0 Å². The molecule has 1 saturated heterocycles. The molecule has 0 spiro atoms. The van der Waals surface area contributed by atoms with E-state index in [0.29, 0.717) is 5.92 Å². The van der Waals surface area contributed by atoms with Gasteiger partial charge in [-0.05, 0) is 30.9 Å². The fraction of sp³-hybridized carbons (Fsp3) is 0.533. The van der Waals surface area contributed by atoms with E-state index in [1.807, 2.05) is 11.8 Å². The number of carbonyl (C=O) groups is 1. The number of thioether (sulfide) groups is 1. The first-order chi connectivity index (χ1) is 8.50. The Labute approximate surface area is 114 Å². The minimum Gasteiger partial charge on any atom is -0.325 e. The van der Waals surface area contributed by atoms with Crippen molar-refractivity contribution in [3.05, 3.63) is 35.4 Å². The second-order valence-corrected chi connectivity index (χ2v) is 6.80. The maximum atomic E-state index is 12.2. The number of hydrogen-bond donors (Lipinski definition) is 0. The summed E-state index contributed by atoms with van der Waals surface area (Å²) >= 11 is 1.77. The molecule has 2 rings (SSSR count). The molecule has 1 heterocycles. The molecule has 1 aliphatic rings. The van der Waals surface area contributed by atoms with Crippen molar-refractivity contribution in [2.45, 2.75) is 38.3 Å². The minimum atomic E-state index is 0.0772. The summed E-state index contributed by atoms with van der Waals surface area (Å²) in [7, 11) is 0. The van der Waals surface area contributed by atoms with Crippen LogP contribution in [0.15, 0.2) is 24.3 Å². The monoisotopic (exact) mass is 263 g/mol. The molecule has 0 aromatic heterocycles. The van der Waals surface area contributed by atoms with Crippen molar-refractivity contribution in [1.29, 1.82) is 0 Å². The predicted molar refractivity (Wildman–Crippen MR) is 77.5 cm³/mol. The van der Waals surface area contributed by atoms with Crippen LogP contribution < -0.4 is 0 Å². The molecule has 0 N–H and O–H groups in total. The van der Waals surface area contributed by atoms with Gasteiger partial charge in [0.1, 0.15) is 5.37 Å². The topological polar surface area (TPSA) is 20.3 Å². The maximum absolute atomic E-state index is 12.2. The Morgan fingerprint density at radius 1 is 1.33 bits per heavy atom. The number of rotatable bonds is 3. The van der Waals surface area contributed by atoms with Crippen molar-refractivity contribution >= 4 is 17.7 Å². The molecule has 1 aromatic rings. The molecule has 2 atom stereocenters. The standard InChI is InChI=1S/C15H21NOS/c1-10(2)9-16-14(17)12(4)18-15(16)13-8-6-5-7-11(13)3/h5-8,10,12,15H,9H2,1-4H3/t12-,15-/m0/s1. The van der Waals surface area contributed by atoms with Crippen LogP contribution in [0.5, 0.6) is 0 Å². The molecule has 0 aliphatic carbocycles. The van der Waals surface area contributed by atoms with E-state index in [-0.39, 0.29) is 16.5 Å². The van der Waals surface area contributed by atoms with Crippen LogP contribution in [-0.4, -0.2) is 22.6 Å². The molecule has 1 aliphatic heterocycles. The van der Waals surface area contributed by atoms with E-state index in [1.54, 1.807) is 11.8 Å². The number of aryl methyl sites for hydroxylation is 1. The van der Waals surface area contributed by atoms with E-state index in [2.05, 4.69) is 45.0 Å². The van der Waals surface area contributed by atoms with Crippen molar-refractivity contribution < 1.29 is 4.79 Å². The Morgan fingerprint density at radius 2 is 2.00 bits per heavy atom. The molecule has 98 valence electrons. The van der Waals surface area contributed by atoms with Gasteiger partial charge in [0.2, 0.25) is 5.91 Å². The quantitative estimate of drug-likeness (QED) is 0.830. The molecule has 1 aromatic carbocycles. The average molecular weight is 263 g/mol. The van der Waals surface area contributed by atoms with Crippen molar-refractivity contribution in [2.75, 3.05) is 6.54 Å². The van der Waals surface area contributed by atoms with Crippen molar-refractivity contribution in [1.82, 2.24) is 4.90 Å². The van der Waals surface area contributed by atoms with Crippen LogP contribution in [0, 0.1) is 12.8 Å². The fourth-order valence-electron chi connectivity index (χ4n) is 2.36. The lowest BCUT2D eigenvalue weighted by Crippen LogP contribution is -2.33. The molecule has 1 fully saturated rings. The highest BCUT2D eigenvalue weighted by Crippen LogP contribution is 2.44. The SMILES string of the molecule is Cc1ccccc1[C@@H]1S[C@@H](C)C(=O)N1CC(C)C. The highest BCUT2D eigenvalue weighted by molar-refractivity contribution is 8.01. The molecule has 2 nitrogen and oxygen atoms in total. The van der Waals surface area contributed by atoms with Gasteiger partial charge in [-0.1, -0.05) is 38.1 Å². The zero-order valence-electron chi connectivity index (χ0n) is 11.5. The molecule has 0 radical (unpaired) electrons. The van der Waals surface area contributed by atoms with Crippen LogP contribution in [0.3, 0.4) is 0 Å². The summed E-state index contributed by atoms with van der Waals surface area (Å²) in [6.07, 6.45) is 0.